The highest BCUT2D eigenvalue weighted by Crippen LogP contribution is 2.37. The Balaban J connectivity index is 0.000000122. The van der Waals surface area contributed by atoms with E-state index < -0.39 is 58.6 Å². The highest BCUT2D eigenvalue weighted by atomic mass is 19.1. The lowest BCUT2D eigenvalue weighted by molar-refractivity contribution is -0.129. The number of piperidine rings is 1. The van der Waals surface area contributed by atoms with E-state index in [1.54, 1.807) is 104 Å². The van der Waals surface area contributed by atoms with Crippen molar-refractivity contribution >= 4 is 121 Å². The summed E-state index contributed by atoms with van der Waals surface area (Å²) in [6.45, 7) is 7.07. The number of nitrogen functional groups attached to an aromatic ring is 5. The van der Waals surface area contributed by atoms with Gasteiger partial charge in [-0.3, -0.25) is 63.3 Å². The van der Waals surface area contributed by atoms with Crippen LogP contribution in [0.15, 0.2) is 210 Å². The standard InChI is InChI=1S/C23H22FN7O2.C19H20FN7O2.C17H13FN8O.C16H13FN8O.C15H12FN9O/c1-30-8-9-33-13-19(30)15-4-2-14(3-5-15)17-6-7-26-11-18(17)28-23(32)20-21(25)29-31-12-16(24)10-27-22(20)31;1-11(28)26-6-3-12(4-7-26)14-2-5-22-9-15(14)24-19(29)16-17(21)25-27-10-13(20)8-23-18(16)27;1-9-4-21-8-23-14(9)11-2-3-20-6-12(11)24-17(27)13-15(19)25-26-7-10(18)5-22-16(13)26;1-24-5-3-11(22-24)10-2-4-19-7-12(10)21-16(26)13-14(18)23-25-8-9(17)6-20-15(13)25;1-24-13(20-7-21-24)9-2-3-18-5-10(9)22-15(26)11-12(17)23-25-6-8(16)4-19-14(11)25/h2-7,10-12,19H,8-9,13H2,1H3,(H2,25,29)(H,28,32);2,5,8-10,12H,3-4,6-7H2,1H3,(H2,21,25)(H,24,29);2-8H,1H3,(H2,19,25)(H,24,27);2-8H,1H3,(H2,18,23)(H,21,26);2-7H,1H3,(H2,17,23)(H,22,26)/t19-;;;;/m1..../s1. The van der Waals surface area contributed by atoms with Gasteiger partial charge in [-0.25, -0.2) is 89.1 Å². The molecule has 141 heavy (non-hydrogen) atoms. The molecule has 1 aromatic carbocycles. The largest absolute Gasteiger partial charge is 0.381 e. The summed E-state index contributed by atoms with van der Waals surface area (Å²) in [5, 5.41) is 42.0. The summed E-state index contributed by atoms with van der Waals surface area (Å²) in [7, 11) is 5.62. The number of aryl methyl sites for hydroxylation is 3. The van der Waals surface area contributed by atoms with Crippen molar-refractivity contribution in [3.05, 3.63) is 283 Å². The van der Waals surface area contributed by atoms with Gasteiger partial charge in [0.25, 0.3) is 29.5 Å². The van der Waals surface area contributed by atoms with Gasteiger partial charge in [0.2, 0.25) is 5.91 Å². The topological polar surface area (TPSA) is 598 Å². The van der Waals surface area contributed by atoms with E-state index in [9.17, 15) is 50.7 Å². The number of aromatic nitrogens is 27. The number of carbonyl (C=O) groups is 6. The van der Waals surface area contributed by atoms with E-state index in [0.717, 1.165) is 138 Å². The Morgan fingerprint density at radius 1 is 0.404 bits per heavy atom. The van der Waals surface area contributed by atoms with Gasteiger partial charge >= 0.3 is 0 Å². The van der Waals surface area contributed by atoms with Crippen molar-refractivity contribution in [2.24, 2.45) is 14.1 Å². The highest BCUT2D eigenvalue weighted by Gasteiger charge is 2.31. The second-order valence-corrected chi connectivity index (χ2v) is 31.5. The Labute approximate surface area is 791 Å². The molecular weight excluding hydrogens is 1830 g/mol. The summed E-state index contributed by atoms with van der Waals surface area (Å²) in [5.41, 5.74) is 40.7. The zero-order valence-corrected chi connectivity index (χ0v) is 74.8. The second kappa shape index (κ2) is 40.6. The lowest BCUT2D eigenvalue weighted by Gasteiger charge is -2.32. The molecule has 0 spiro atoms. The molecular formula is C90H80F5N39O7. The first-order chi connectivity index (χ1) is 68.1. The maximum absolute atomic E-state index is 13.5. The number of likely N-dealkylation sites (N-methyl/N-ethyl adjacent to an activating group) is 1. The predicted octanol–water partition coefficient (Wildman–Crippen LogP) is 8.85. The summed E-state index contributed by atoms with van der Waals surface area (Å²) >= 11 is 0. The van der Waals surface area contributed by atoms with Crippen LogP contribution in [0.1, 0.15) is 100 Å². The van der Waals surface area contributed by atoms with Crippen molar-refractivity contribution < 1.29 is 55.5 Å². The molecule has 19 aromatic rings. The molecule has 2 fully saturated rings. The monoisotopic (exact) mass is 1910 g/mol. The van der Waals surface area contributed by atoms with Crippen LogP contribution >= 0.6 is 0 Å². The molecule has 712 valence electrons. The summed E-state index contributed by atoms with van der Waals surface area (Å²) in [4.78, 5) is 132. The second-order valence-electron chi connectivity index (χ2n) is 31.5. The van der Waals surface area contributed by atoms with E-state index in [1.165, 1.54) is 31.2 Å². The molecule has 2 saturated heterocycles. The van der Waals surface area contributed by atoms with Crippen LogP contribution in [0.3, 0.4) is 0 Å². The van der Waals surface area contributed by atoms with Gasteiger partial charge in [0, 0.05) is 106 Å². The summed E-state index contributed by atoms with van der Waals surface area (Å²) in [6.07, 6.45) is 34.2. The Morgan fingerprint density at radius 3 is 1.18 bits per heavy atom. The van der Waals surface area contributed by atoms with Gasteiger partial charge in [-0.05, 0) is 91.4 Å². The number of nitrogens with two attached hydrogens (primary N) is 5. The maximum atomic E-state index is 13.5. The minimum absolute atomic E-state index is 0.0396. The summed E-state index contributed by atoms with van der Waals surface area (Å²) < 4.78 is 81.2. The molecule has 6 amide bonds. The normalized spacial score (nSPS) is 13.1. The van der Waals surface area contributed by atoms with Crippen LogP contribution < -0.4 is 55.3 Å². The zero-order chi connectivity index (χ0) is 99.0. The quantitative estimate of drug-likeness (QED) is 0.0404. The fourth-order valence-electron chi connectivity index (χ4n) is 15.6. The van der Waals surface area contributed by atoms with E-state index in [2.05, 4.69) is 151 Å². The molecule has 0 saturated carbocycles. The van der Waals surface area contributed by atoms with Gasteiger partial charge in [-0.1, -0.05) is 24.3 Å². The number of morpholine rings is 1. The molecule has 1 atom stereocenters. The van der Waals surface area contributed by atoms with E-state index >= 15 is 0 Å². The third-order valence-electron chi connectivity index (χ3n) is 22.3. The smallest absolute Gasteiger partial charge is 0.263 e. The van der Waals surface area contributed by atoms with E-state index in [0.29, 0.717) is 82.0 Å². The lowest BCUT2D eigenvalue weighted by atomic mass is 9.89. The van der Waals surface area contributed by atoms with Crippen molar-refractivity contribution in [1.29, 1.82) is 0 Å². The zero-order valence-electron chi connectivity index (χ0n) is 74.8. The van der Waals surface area contributed by atoms with Crippen molar-refractivity contribution in [3.8, 4) is 45.0 Å². The number of carbonyl (C=O) groups excluding carboxylic acids is 6. The molecule has 0 aliphatic carbocycles. The van der Waals surface area contributed by atoms with E-state index in [4.69, 9.17) is 33.4 Å². The fourth-order valence-corrected chi connectivity index (χ4v) is 15.6. The number of amides is 6. The van der Waals surface area contributed by atoms with Crippen molar-refractivity contribution in [3.63, 3.8) is 0 Å². The molecule has 0 radical (unpaired) electrons. The number of nitrogens with zero attached hydrogens (tertiary/aromatic N) is 29. The SMILES string of the molecule is CC(=O)N1CCC(c2ccncc2NC(=O)c2c(N)nn3cc(F)cnc23)CC1.CN1CCOC[C@@H]1c1ccc(-c2ccncc2NC(=O)c2c(N)nn3cc(F)cnc23)cc1.Cc1cncnc1-c1ccncc1NC(=O)c1c(N)nn2cc(F)cnc12.Cn1ccc(-c2ccncc2NC(=O)c2c(N)nn3cc(F)cnc23)n1.Cn1ncnc1-c1ccncc1NC(=O)c1c(N)nn2cc(F)cnc12. The average molecular weight is 1910 g/mol. The van der Waals surface area contributed by atoms with Crippen LogP contribution in [0, 0.1) is 36.0 Å². The maximum Gasteiger partial charge on any atom is 0.263 e. The molecule has 51 heteroatoms. The molecule has 15 N–H and O–H groups in total. The van der Waals surface area contributed by atoms with E-state index in [-0.39, 0.29) is 103 Å². The number of rotatable bonds is 16. The number of nitrogens with one attached hydrogen (secondary N) is 5. The first-order valence-corrected chi connectivity index (χ1v) is 42.5. The molecule has 0 unspecified atom stereocenters. The van der Waals surface area contributed by atoms with Gasteiger partial charge in [0.15, 0.2) is 92.2 Å². The third-order valence-corrected chi connectivity index (χ3v) is 22.3. The number of hydrogen-bond acceptors (Lipinski definition) is 33. The Morgan fingerprint density at radius 2 is 0.787 bits per heavy atom. The van der Waals surface area contributed by atoms with Gasteiger partial charge < -0.3 is 64.9 Å². The molecule has 2 aliphatic rings. The van der Waals surface area contributed by atoms with Gasteiger partial charge in [-0.15, -0.1) is 25.5 Å². The summed E-state index contributed by atoms with van der Waals surface area (Å²) in [5.74, 6) is -5.00. The molecule has 21 rings (SSSR count). The van der Waals surface area contributed by atoms with Crippen molar-refractivity contribution in [2.75, 3.05) is 95.1 Å². The van der Waals surface area contributed by atoms with Crippen molar-refractivity contribution in [2.45, 2.75) is 38.6 Å². The number of likely N-dealkylation sites (tertiary alicyclic amines) is 1. The minimum Gasteiger partial charge on any atom is -0.381 e. The Bertz CT molecular complexity index is 7990. The third kappa shape index (κ3) is 20.3. The molecule has 2 aliphatic heterocycles. The number of anilines is 10. The van der Waals surface area contributed by atoms with Gasteiger partial charge in [-0.2, -0.15) is 10.2 Å². The highest BCUT2D eigenvalue weighted by molar-refractivity contribution is 6.16. The van der Waals surface area contributed by atoms with E-state index in [1.807, 2.05) is 42.2 Å². The van der Waals surface area contributed by atoms with Crippen molar-refractivity contribution in [1.82, 2.24) is 142 Å². The number of halogens is 5. The Hall–Kier alpha value is -19.1. The van der Waals surface area contributed by atoms with Gasteiger partial charge in [0.1, 0.15) is 40.5 Å². The first-order valence-electron chi connectivity index (χ1n) is 42.5. The van der Waals surface area contributed by atoms with Crippen LogP contribution in [0.5, 0.6) is 0 Å². The number of ether oxygens (including phenoxy) is 1. The predicted molar refractivity (Wildman–Crippen MR) is 502 cm³/mol. The van der Waals surface area contributed by atoms with Crippen LogP contribution in [0.2, 0.25) is 0 Å². The number of fused-ring (bicyclic) bond motifs is 5. The molecule has 46 nitrogen and oxygen atoms in total. The minimum atomic E-state index is -0.594. The number of hydrogen-bond donors (Lipinski definition) is 10. The first kappa shape index (κ1) is 93.7. The molecule has 0 bridgehead atoms. The summed E-state index contributed by atoms with van der Waals surface area (Å²) in [6, 6.07) is 19.1. The number of pyridine rings is 5. The molecule has 18 aromatic heterocycles. The number of benzene rings is 1. The van der Waals surface area contributed by atoms with Crippen LogP contribution in [0.25, 0.3) is 73.3 Å². The van der Waals surface area contributed by atoms with Gasteiger partial charge in [0.05, 0.1) is 152 Å². The molecule has 20 heterocycles. The Kier molecular flexibility index (Phi) is 27.0. The average Bonchev–Trinajstić information content (AvgIpc) is 1.66. The van der Waals surface area contributed by atoms with Crippen LogP contribution in [-0.2, 0) is 23.6 Å². The van der Waals surface area contributed by atoms with Crippen LogP contribution in [-0.4, -0.2) is 218 Å². The lowest BCUT2D eigenvalue weighted by Crippen LogP contribution is -2.36. The fraction of sp³-hybridized carbons (Fsp3) is 0.156. The van der Waals surface area contributed by atoms with Crippen LogP contribution in [0.4, 0.5) is 79.5 Å².